The number of carbonyl (C=O) groups excluding carboxylic acids is 1. The van der Waals surface area contributed by atoms with Crippen molar-refractivity contribution in [2.75, 3.05) is 0 Å². The molecule has 152 valence electrons. The van der Waals surface area contributed by atoms with Crippen molar-refractivity contribution < 1.29 is 14.7 Å². The molecule has 0 bridgehead atoms. The summed E-state index contributed by atoms with van der Waals surface area (Å²) in [6.45, 7) is 2.48. The highest BCUT2D eigenvalue weighted by molar-refractivity contribution is 6.35. The molecule has 0 spiro atoms. The summed E-state index contributed by atoms with van der Waals surface area (Å²) < 4.78 is 0. The first kappa shape index (κ1) is 21.3. The van der Waals surface area contributed by atoms with Gasteiger partial charge in [-0.05, 0) is 49.1 Å². The molecule has 2 aromatic rings. The van der Waals surface area contributed by atoms with Crippen molar-refractivity contribution >= 4 is 35.1 Å². The predicted molar refractivity (Wildman–Crippen MR) is 113 cm³/mol. The standard InChI is InChI=1S/C22H22Cl2N2O3/c1-14-4-7-18(19(9-14)22(28)29)21(27)26(12-15-3-2-8-25-11-15)13-16-5-6-17(23)10-20(16)24/h2-6,8,10-11,18-19H,7,9,12-13H2,1H3,(H,28,29)/t18-,19-/m1/s1. The summed E-state index contributed by atoms with van der Waals surface area (Å²) in [6.07, 6.45) is 6.12. The molecule has 1 N–H and O–H groups in total. The second-order valence-electron chi connectivity index (χ2n) is 7.33. The van der Waals surface area contributed by atoms with Gasteiger partial charge in [0.15, 0.2) is 0 Å². The first-order valence-corrected chi connectivity index (χ1v) is 10.1. The normalized spacial score (nSPS) is 18.8. The molecule has 0 unspecified atom stereocenters. The van der Waals surface area contributed by atoms with E-state index in [1.165, 1.54) is 0 Å². The van der Waals surface area contributed by atoms with E-state index >= 15 is 0 Å². The van der Waals surface area contributed by atoms with Crippen LogP contribution in [0.2, 0.25) is 10.0 Å². The van der Waals surface area contributed by atoms with E-state index in [-0.39, 0.29) is 12.5 Å². The SMILES string of the molecule is CC1=CC[C@@H](C(=O)N(Cc2cccnc2)Cc2ccc(Cl)cc2Cl)[C@H](C(=O)O)C1. The largest absolute Gasteiger partial charge is 0.481 e. The summed E-state index contributed by atoms with van der Waals surface area (Å²) in [5, 5.41) is 10.7. The number of hydrogen-bond donors (Lipinski definition) is 1. The number of allylic oxidation sites excluding steroid dienone is 2. The van der Waals surface area contributed by atoms with E-state index in [0.29, 0.717) is 29.4 Å². The minimum Gasteiger partial charge on any atom is -0.481 e. The van der Waals surface area contributed by atoms with Crippen LogP contribution in [0.15, 0.2) is 54.4 Å². The maximum atomic E-state index is 13.5. The molecule has 0 radical (unpaired) electrons. The van der Waals surface area contributed by atoms with Gasteiger partial charge in [-0.2, -0.15) is 0 Å². The van der Waals surface area contributed by atoms with E-state index in [4.69, 9.17) is 23.2 Å². The van der Waals surface area contributed by atoms with Gasteiger partial charge in [-0.15, -0.1) is 0 Å². The minimum absolute atomic E-state index is 0.198. The average molecular weight is 433 g/mol. The molecule has 1 heterocycles. The number of halogens is 2. The molecule has 0 fully saturated rings. The Balaban J connectivity index is 1.90. The molecule has 1 aromatic carbocycles. The topological polar surface area (TPSA) is 70.5 Å². The molecule has 1 amide bonds. The van der Waals surface area contributed by atoms with E-state index in [2.05, 4.69) is 4.98 Å². The monoisotopic (exact) mass is 432 g/mol. The number of carboxylic acids is 1. The number of carbonyl (C=O) groups is 2. The van der Waals surface area contributed by atoms with Crippen LogP contribution < -0.4 is 0 Å². The fraction of sp³-hybridized carbons (Fsp3) is 0.318. The molecular formula is C22H22Cl2N2O3. The van der Waals surface area contributed by atoms with E-state index < -0.39 is 17.8 Å². The third-order valence-electron chi connectivity index (χ3n) is 5.17. The van der Waals surface area contributed by atoms with Crippen molar-refractivity contribution in [2.45, 2.75) is 32.9 Å². The zero-order valence-corrected chi connectivity index (χ0v) is 17.5. The molecule has 2 atom stereocenters. The van der Waals surface area contributed by atoms with Crippen LogP contribution in [0.3, 0.4) is 0 Å². The van der Waals surface area contributed by atoms with Crippen molar-refractivity contribution in [3.8, 4) is 0 Å². The number of nitrogens with zero attached hydrogens (tertiary/aromatic N) is 2. The van der Waals surface area contributed by atoms with Gasteiger partial charge in [0.25, 0.3) is 0 Å². The highest BCUT2D eigenvalue weighted by Crippen LogP contribution is 2.33. The summed E-state index contributed by atoms with van der Waals surface area (Å²) in [4.78, 5) is 31.0. The second-order valence-corrected chi connectivity index (χ2v) is 8.18. The Morgan fingerprint density at radius 3 is 2.66 bits per heavy atom. The number of rotatable bonds is 6. The number of carboxylic acid groups (broad SMARTS) is 1. The number of benzene rings is 1. The quantitative estimate of drug-likeness (QED) is 0.653. The number of aromatic nitrogens is 1. The third-order valence-corrected chi connectivity index (χ3v) is 5.75. The molecule has 0 aliphatic heterocycles. The van der Waals surface area contributed by atoms with Crippen LogP contribution in [-0.2, 0) is 22.7 Å². The highest BCUT2D eigenvalue weighted by atomic mass is 35.5. The summed E-state index contributed by atoms with van der Waals surface area (Å²) in [7, 11) is 0. The van der Waals surface area contributed by atoms with Gasteiger partial charge in [0.1, 0.15) is 0 Å². The summed E-state index contributed by atoms with van der Waals surface area (Å²) in [5.41, 5.74) is 2.61. The molecule has 5 nitrogen and oxygen atoms in total. The number of pyridine rings is 1. The first-order valence-electron chi connectivity index (χ1n) is 9.35. The molecule has 1 aliphatic rings. The predicted octanol–water partition coefficient (Wildman–Crippen LogP) is 4.97. The summed E-state index contributed by atoms with van der Waals surface area (Å²) >= 11 is 12.3. The molecule has 7 heteroatoms. The van der Waals surface area contributed by atoms with Gasteiger partial charge in [0.2, 0.25) is 5.91 Å². The fourth-order valence-electron chi connectivity index (χ4n) is 3.61. The van der Waals surface area contributed by atoms with Gasteiger partial charge in [0, 0.05) is 35.5 Å². The Hall–Kier alpha value is -2.37. The van der Waals surface area contributed by atoms with E-state index in [9.17, 15) is 14.7 Å². The van der Waals surface area contributed by atoms with Gasteiger partial charge >= 0.3 is 5.97 Å². The van der Waals surface area contributed by atoms with Crippen molar-refractivity contribution in [1.29, 1.82) is 0 Å². The van der Waals surface area contributed by atoms with Gasteiger partial charge in [-0.25, -0.2) is 0 Å². The number of hydrogen-bond acceptors (Lipinski definition) is 3. The smallest absolute Gasteiger partial charge is 0.307 e. The Bertz CT molecular complexity index is 931. The Morgan fingerprint density at radius 1 is 1.21 bits per heavy atom. The van der Waals surface area contributed by atoms with E-state index in [0.717, 1.165) is 16.7 Å². The van der Waals surface area contributed by atoms with Crippen molar-refractivity contribution in [3.63, 3.8) is 0 Å². The van der Waals surface area contributed by atoms with Crippen LogP contribution in [-0.4, -0.2) is 26.9 Å². The molecule has 0 saturated carbocycles. The van der Waals surface area contributed by atoms with Crippen LogP contribution in [0, 0.1) is 11.8 Å². The first-order chi connectivity index (χ1) is 13.8. The van der Waals surface area contributed by atoms with E-state index in [1.807, 2.05) is 19.1 Å². The van der Waals surface area contributed by atoms with Crippen LogP contribution in [0.25, 0.3) is 0 Å². The Labute approximate surface area is 180 Å². The van der Waals surface area contributed by atoms with Crippen LogP contribution in [0.1, 0.15) is 30.9 Å². The molecule has 3 rings (SSSR count). The van der Waals surface area contributed by atoms with Gasteiger partial charge in [-0.1, -0.05) is 47.0 Å². The minimum atomic E-state index is -0.943. The van der Waals surface area contributed by atoms with E-state index in [1.54, 1.807) is 41.6 Å². The summed E-state index contributed by atoms with van der Waals surface area (Å²) in [5.74, 6) is -2.48. The lowest BCUT2D eigenvalue weighted by molar-refractivity contribution is -0.151. The molecule has 1 aromatic heterocycles. The summed E-state index contributed by atoms with van der Waals surface area (Å²) in [6, 6.07) is 8.84. The molecule has 29 heavy (non-hydrogen) atoms. The molecule has 0 saturated heterocycles. The molecule has 1 aliphatic carbocycles. The van der Waals surface area contributed by atoms with Crippen LogP contribution in [0.4, 0.5) is 0 Å². The van der Waals surface area contributed by atoms with Crippen molar-refractivity contribution in [3.05, 3.63) is 75.5 Å². The Morgan fingerprint density at radius 2 is 2.00 bits per heavy atom. The van der Waals surface area contributed by atoms with Crippen LogP contribution >= 0.6 is 23.2 Å². The maximum Gasteiger partial charge on any atom is 0.307 e. The number of amides is 1. The zero-order chi connectivity index (χ0) is 21.0. The average Bonchev–Trinajstić information content (AvgIpc) is 2.69. The lowest BCUT2D eigenvalue weighted by Crippen LogP contribution is -2.41. The van der Waals surface area contributed by atoms with Crippen molar-refractivity contribution in [2.24, 2.45) is 11.8 Å². The highest BCUT2D eigenvalue weighted by Gasteiger charge is 2.37. The fourth-order valence-corrected chi connectivity index (χ4v) is 4.08. The lowest BCUT2D eigenvalue weighted by atomic mass is 9.79. The van der Waals surface area contributed by atoms with Gasteiger partial charge in [0.05, 0.1) is 11.8 Å². The van der Waals surface area contributed by atoms with Crippen LogP contribution in [0.5, 0.6) is 0 Å². The third kappa shape index (κ3) is 5.37. The lowest BCUT2D eigenvalue weighted by Gasteiger charge is -2.32. The maximum absolute atomic E-state index is 13.5. The Kier molecular flexibility index (Phi) is 6.93. The molecular weight excluding hydrogens is 411 g/mol. The van der Waals surface area contributed by atoms with Gasteiger partial charge < -0.3 is 10.0 Å². The van der Waals surface area contributed by atoms with Gasteiger partial charge in [-0.3, -0.25) is 14.6 Å². The second kappa shape index (κ2) is 9.42. The number of aliphatic carboxylic acids is 1. The van der Waals surface area contributed by atoms with Crippen molar-refractivity contribution in [1.82, 2.24) is 9.88 Å². The zero-order valence-electron chi connectivity index (χ0n) is 16.0.